The van der Waals surface area contributed by atoms with Crippen LogP contribution in [0.3, 0.4) is 0 Å². The van der Waals surface area contributed by atoms with Gasteiger partial charge in [-0.3, -0.25) is 9.59 Å². The van der Waals surface area contributed by atoms with Gasteiger partial charge in [-0.1, -0.05) is 25.4 Å². The van der Waals surface area contributed by atoms with Crippen molar-refractivity contribution in [2.45, 2.75) is 33.1 Å². The van der Waals surface area contributed by atoms with Crippen molar-refractivity contribution in [2.75, 3.05) is 26.8 Å². The Hall–Kier alpha value is -1.95. The Bertz CT molecular complexity index is 654. The van der Waals surface area contributed by atoms with Crippen LogP contribution in [0.15, 0.2) is 12.1 Å². The Morgan fingerprint density at radius 3 is 2.50 bits per heavy atom. The molecule has 0 bridgehead atoms. The minimum Gasteiger partial charge on any atom is -0.493 e. The zero-order chi connectivity index (χ0) is 19.3. The molecule has 1 fully saturated rings. The summed E-state index contributed by atoms with van der Waals surface area (Å²) in [4.78, 5) is 25.4. The summed E-state index contributed by atoms with van der Waals surface area (Å²) in [6.07, 6.45) is 1.81. The van der Waals surface area contributed by atoms with Gasteiger partial charge in [0.2, 0.25) is 0 Å². The smallest absolute Gasteiger partial charge is 0.306 e. The van der Waals surface area contributed by atoms with Crippen molar-refractivity contribution in [3.8, 4) is 11.5 Å². The van der Waals surface area contributed by atoms with Crippen LogP contribution in [0.5, 0.6) is 11.5 Å². The fraction of sp³-hybridized carbons (Fsp3) is 0.579. The Labute approximate surface area is 159 Å². The number of piperidine rings is 1. The molecule has 2 rings (SSSR count). The number of hydrogen-bond donors (Lipinski definition) is 1. The third kappa shape index (κ3) is 5.04. The molecule has 0 saturated carbocycles. The molecule has 6 nitrogen and oxygen atoms in total. The lowest BCUT2D eigenvalue weighted by Crippen LogP contribution is -2.40. The maximum atomic E-state index is 12.7. The summed E-state index contributed by atoms with van der Waals surface area (Å²) < 4.78 is 11.1. The van der Waals surface area contributed by atoms with Gasteiger partial charge < -0.3 is 19.5 Å². The van der Waals surface area contributed by atoms with Gasteiger partial charge in [-0.25, -0.2) is 0 Å². The number of methoxy groups -OCH3 is 1. The van der Waals surface area contributed by atoms with E-state index in [1.165, 1.54) is 7.11 Å². The first-order valence-corrected chi connectivity index (χ1v) is 9.23. The maximum absolute atomic E-state index is 12.7. The zero-order valence-corrected chi connectivity index (χ0v) is 16.2. The fourth-order valence-corrected chi connectivity index (χ4v) is 3.16. The van der Waals surface area contributed by atoms with Crippen LogP contribution < -0.4 is 9.47 Å². The molecule has 144 valence electrons. The van der Waals surface area contributed by atoms with Crippen LogP contribution in [0.25, 0.3) is 0 Å². The van der Waals surface area contributed by atoms with E-state index in [1.54, 1.807) is 17.0 Å². The van der Waals surface area contributed by atoms with E-state index in [0.29, 0.717) is 60.5 Å². The highest BCUT2D eigenvalue weighted by atomic mass is 35.5. The van der Waals surface area contributed by atoms with E-state index in [4.69, 9.17) is 26.2 Å². The monoisotopic (exact) mass is 383 g/mol. The second-order valence-corrected chi connectivity index (χ2v) is 7.33. The second-order valence-electron chi connectivity index (χ2n) is 6.93. The lowest BCUT2D eigenvalue weighted by atomic mass is 9.96. The molecule has 1 aromatic carbocycles. The third-order valence-electron chi connectivity index (χ3n) is 4.55. The van der Waals surface area contributed by atoms with E-state index >= 15 is 0 Å². The number of carbonyl (C=O) groups is 2. The SMILES string of the molecule is COc1cc(C(=O)N2CCC(C(=O)O)CC2)cc(Cl)c1OCCC(C)C. The molecule has 1 saturated heterocycles. The van der Waals surface area contributed by atoms with Crippen molar-refractivity contribution in [3.05, 3.63) is 22.7 Å². The predicted octanol–water partition coefficient (Wildman–Crippen LogP) is 3.71. The van der Waals surface area contributed by atoms with Gasteiger partial charge in [-0.05, 0) is 37.3 Å². The highest BCUT2D eigenvalue weighted by Gasteiger charge is 2.28. The van der Waals surface area contributed by atoms with Crippen molar-refractivity contribution in [1.29, 1.82) is 0 Å². The molecule has 0 radical (unpaired) electrons. The van der Waals surface area contributed by atoms with E-state index in [-0.39, 0.29) is 11.8 Å². The lowest BCUT2D eigenvalue weighted by Gasteiger charge is -2.30. The Morgan fingerprint density at radius 1 is 1.31 bits per heavy atom. The number of carbonyl (C=O) groups excluding carboxylic acids is 1. The first-order valence-electron chi connectivity index (χ1n) is 8.85. The van der Waals surface area contributed by atoms with Gasteiger partial charge in [0.15, 0.2) is 11.5 Å². The highest BCUT2D eigenvalue weighted by molar-refractivity contribution is 6.32. The molecular formula is C19H26ClNO5. The molecule has 1 N–H and O–H groups in total. The summed E-state index contributed by atoms with van der Waals surface area (Å²) in [7, 11) is 1.51. The summed E-state index contributed by atoms with van der Waals surface area (Å²) in [6.45, 7) is 5.57. The molecule has 1 amide bonds. The predicted molar refractivity (Wildman–Crippen MR) is 99.2 cm³/mol. The Kier molecular flexibility index (Phi) is 7.14. The normalized spacial score (nSPS) is 15.2. The number of ether oxygens (including phenoxy) is 2. The van der Waals surface area contributed by atoms with Crippen molar-refractivity contribution in [2.24, 2.45) is 11.8 Å². The number of halogens is 1. The van der Waals surface area contributed by atoms with Crippen LogP contribution in [0.4, 0.5) is 0 Å². The number of likely N-dealkylation sites (tertiary alicyclic amines) is 1. The van der Waals surface area contributed by atoms with Crippen LogP contribution in [0.2, 0.25) is 5.02 Å². The largest absolute Gasteiger partial charge is 0.493 e. The topological polar surface area (TPSA) is 76.1 Å². The molecule has 0 unspecified atom stereocenters. The van der Waals surface area contributed by atoms with Crippen LogP contribution >= 0.6 is 11.6 Å². The van der Waals surface area contributed by atoms with E-state index in [0.717, 1.165) is 6.42 Å². The van der Waals surface area contributed by atoms with Gasteiger partial charge in [0, 0.05) is 18.7 Å². The van der Waals surface area contributed by atoms with Crippen molar-refractivity contribution >= 4 is 23.5 Å². The Balaban J connectivity index is 2.11. The minimum atomic E-state index is -0.801. The third-order valence-corrected chi connectivity index (χ3v) is 4.83. The van der Waals surface area contributed by atoms with Crippen molar-refractivity contribution < 1.29 is 24.2 Å². The molecule has 7 heteroatoms. The molecule has 1 aliphatic heterocycles. The minimum absolute atomic E-state index is 0.178. The van der Waals surface area contributed by atoms with Gasteiger partial charge in [-0.15, -0.1) is 0 Å². The molecule has 26 heavy (non-hydrogen) atoms. The molecular weight excluding hydrogens is 358 g/mol. The number of benzene rings is 1. The van der Waals surface area contributed by atoms with Crippen LogP contribution in [-0.4, -0.2) is 48.7 Å². The molecule has 1 aromatic rings. The van der Waals surface area contributed by atoms with E-state index in [9.17, 15) is 9.59 Å². The average molecular weight is 384 g/mol. The summed E-state index contributed by atoms with van der Waals surface area (Å²) in [5.41, 5.74) is 0.414. The first-order chi connectivity index (χ1) is 12.3. The number of carboxylic acid groups (broad SMARTS) is 1. The molecule has 0 aliphatic carbocycles. The summed E-state index contributed by atoms with van der Waals surface area (Å²) in [6, 6.07) is 3.21. The van der Waals surface area contributed by atoms with E-state index in [1.807, 2.05) is 0 Å². The highest BCUT2D eigenvalue weighted by Crippen LogP contribution is 2.37. The molecule has 0 atom stereocenters. The average Bonchev–Trinajstić information content (AvgIpc) is 2.61. The van der Waals surface area contributed by atoms with Crippen molar-refractivity contribution in [1.82, 2.24) is 4.90 Å². The summed E-state index contributed by atoms with van der Waals surface area (Å²) in [5.74, 6) is 0.0109. The Morgan fingerprint density at radius 2 is 1.96 bits per heavy atom. The van der Waals surface area contributed by atoms with Crippen LogP contribution in [0, 0.1) is 11.8 Å². The summed E-state index contributed by atoms with van der Waals surface area (Å²) in [5, 5.41) is 9.40. The maximum Gasteiger partial charge on any atom is 0.306 e. The number of amides is 1. The van der Waals surface area contributed by atoms with E-state index < -0.39 is 5.97 Å². The number of carboxylic acids is 1. The number of rotatable bonds is 7. The standard InChI is InChI=1S/C19H26ClNO5/c1-12(2)6-9-26-17-15(20)10-14(11-16(17)25-3)18(22)21-7-4-13(5-8-21)19(23)24/h10-13H,4-9H2,1-3H3,(H,23,24). The van der Waals surface area contributed by atoms with Crippen LogP contribution in [0.1, 0.15) is 43.5 Å². The van der Waals surface area contributed by atoms with Gasteiger partial charge in [0.25, 0.3) is 5.91 Å². The van der Waals surface area contributed by atoms with Gasteiger partial charge in [-0.2, -0.15) is 0 Å². The molecule has 1 aliphatic rings. The number of hydrogen-bond acceptors (Lipinski definition) is 4. The first kappa shape index (κ1) is 20.4. The van der Waals surface area contributed by atoms with Gasteiger partial charge >= 0.3 is 5.97 Å². The zero-order valence-electron chi connectivity index (χ0n) is 15.5. The number of aliphatic carboxylic acids is 1. The van der Waals surface area contributed by atoms with Gasteiger partial charge in [0.1, 0.15) is 0 Å². The lowest BCUT2D eigenvalue weighted by molar-refractivity contribution is -0.143. The number of nitrogens with zero attached hydrogens (tertiary/aromatic N) is 1. The fourth-order valence-electron chi connectivity index (χ4n) is 2.89. The van der Waals surface area contributed by atoms with Gasteiger partial charge in [0.05, 0.1) is 24.7 Å². The molecule has 1 heterocycles. The molecule has 0 aromatic heterocycles. The van der Waals surface area contributed by atoms with Crippen LogP contribution in [-0.2, 0) is 4.79 Å². The quantitative estimate of drug-likeness (QED) is 0.776. The molecule has 0 spiro atoms. The second kappa shape index (κ2) is 9.12. The summed E-state index contributed by atoms with van der Waals surface area (Å²) >= 11 is 6.32. The van der Waals surface area contributed by atoms with E-state index in [2.05, 4.69) is 13.8 Å². The van der Waals surface area contributed by atoms with Crippen molar-refractivity contribution in [3.63, 3.8) is 0 Å².